The number of aromatic nitrogens is 3. The van der Waals surface area contributed by atoms with E-state index in [2.05, 4.69) is 61.8 Å². The van der Waals surface area contributed by atoms with Crippen LogP contribution in [0.2, 0.25) is 0 Å². The molecule has 6 nitrogen and oxygen atoms in total. The summed E-state index contributed by atoms with van der Waals surface area (Å²) in [7, 11) is 0. The highest BCUT2D eigenvalue weighted by Crippen LogP contribution is 2.50. The van der Waals surface area contributed by atoms with Crippen molar-refractivity contribution < 1.29 is 15.2 Å². The summed E-state index contributed by atoms with van der Waals surface area (Å²) in [5.41, 5.74) is 4.08. The summed E-state index contributed by atoms with van der Waals surface area (Å²) in [5, 5.41) is 25.5. The van der Waals surface area contributed by atoms with Gasteiger partial charge in [0, 0.05) is 17.6 Å². The molecule has 2 atom stereocenters. The first-order valence-electron chi connectivity index (χ1n) is 13.9. The number of fused-ring (bicyclic) bond motifs is 1. The molecule has 8 heteroatoms. The Morgan fingerprint density at radius 1 is 0.973 bits per heavy atom. The fraction of sp³-hybridized carbons (Fsp3) is 0.552. The molecule has 3 aromatic rings. The Kier molecular flexibility index (Phi) is 7.59. The molecule has 0 bridgehead atoms. The molecule has 3 fully saturated rings. The topological polar surface area (TPSA) is 87.5 Å². The molecule has 6 rings (SSSR count). The molecule has 0 amide bonds. The second-order valence-electron chi connectivity index (χ2n) is 11.2. The van der Waals surface area contributed by atoms with E-state index in [0.29, 0.717) is 27.8 Å². The summed E-state index contributed by atoms with van der Waals surface area (Å²) >= 11 is 4.76. The molecule has 0 aliphatic heterocycles. The molecule has 3 aliphatic rings. The van der Waals surface area contributed by atoms with E-state index < -0.39 is 5.97 Å². The fourth-order valence-corrected chi connectivity index (χ4v) is 8.03. The van der Waals surface area contributed by atoms with Crippen LogP contribution in [0.4, 0.5) is 0 Å². The lowest BCUT2D eigenvalue weighted by Gasteiger charge is -2.33. The lowest BCUT2D eigenvalue weighted by Crippen LogP contribution is -2.95. The summed E-state index contributed by atoms with van der Waals surface area (Å²) in [6.45, 7) is 0. The van der Waals surface area contributed by atoms with Crippen LogP contribution in [0.25, 0.3) is 16.5 Å². The third kappa shape index (κ3) is 5.48. The third-order valence-corrected chi connectivity index (χ3v) is 10.0. The Labute approximate surface area is 231 Å². The number of carbonyl (C=O) groups is 1. The summed E-state index contributed by atoms with van der Waals surface area (Å²) in [5.74, 6) is -0.0648. The van der Waals surface area contributed by atoms with Gasteiger partial charge in [0.2, 0.25) is 4.73 Å². The van der Waals surface area contributed by atoms with Crippen LogP contribution in [0, 0.1) is 0 Å². The van der Waals surface area contributed by atoms with E-state index in [1.54, 1.807) is 5.56 Å². The second kappa shape index (κ2) is 11.1. The lowest BCUT2D eigenvalue weighted by atomic mass is 9.77. The van der Waals surface area contributed by atoms with Gasteiger partial charge in [-0.1, -0.05) is 42.4 Å². The number of carbonyl (C=O) groups excluding carboxylic acids is 1. The van der Waals surface area contributed by atoms with Gasteiger partial charge < -0.3 is 15.2 Å². The maximum Gasteiger partial charge on any atom is 0.205 e. The van der Waals surface area contributed by atoms with E-state index in [-0.39, 0.29) is 5.75 Å². The SMILES string of the molecule is O=C([O-])CSc1nnc(Br)n1-c1cc(C2CCCC([NH2+]C3CCCCC3)C2)c(C2CC2)c2ccccc12. The second-order valence-corrected chi connectivity index (χ2v) is 12.8. The Morgan fingerprint density at radius 2 is 1.73 bits per heavy atom. The fourth-order valence-electron chi connectivity index (χ4n) is 6.82. The van der Waals surface area contributed by atoms with Gasteiger partial charge >= 0.3 is 0 Å². The van der Waals surface area contributed by atoms with Crippen LogP contribution in [-0.4, -0.2) is 38.6 Å². The number of hydrogen-bond donors (Lipinski definition) is 1. The molecule has 3 aliphatic carbocycles. The Balaban J connectivity index is 1.41. The summed E-state index contributed by atoms with van der Waals surface area (Å²) in [6, 6.07) is 12.6. The molecule has 3 saturated carbocycles. The maximum atomic E-state index is 11.2. The lowest BCUT2D eigenvalue weighted by molar-refractivity contribution is -0.726. The molecule has 0 radical (unpaired) electrons. The highest BCUT2D eigenvalue weighted by Gasteiger charge is 2.35. The smallest absolute Gasteiger partial charge is 0.205 e. The van der Waals surface area contributed by atoms with Crippen molar-refractivity contribution in [1.29, 1.82) is 0 Å². The van der Waals surface area contributed by atoms with Crippen LogP contribution in [0.1, 0.15) is 93.6 Å². The van der Waals surface area contributed by atoms with Crippen molar-refractivity contribution in [2.45, 2.75) is 99.7 Å². The van der Waals surface area contributed by atoms with Gasteiger partial charge in [-0.2, -0.15) is 0 Å². The number of nitrogens with zero attached hydrogens (tertiary/aromatic N) is 3. The molecular weight excluding hydrogens is 548 g/mol. The largest absolute Gasteiger partial charge is 0.549 e. The van der Waals surface area contributed by atoms with Crippen molar-refractivity contribution in [3.63, 3.8) is 0 Å². The van der Waals surface area contributed by atoms with Crippen LogP contribution in [0.5, 0.6) is 0 Å². The molecular formula is C29H35BrN4O2S. The van der Waals surface area contributed by atoms with Crippen LogP contribution < -0.4 is 10.4 Å². The Bertz CT molecular complexity index is 1280. The molecule has 2 unspecified atom stereocenters. The summed E-state index contributed by atoms with van der Waals surface area (Å²) in [6.07, 6.45) is 14.6. The number of benzene rings is 2. The first kappa shape index (κ1) is 25.4. The minimum absolute atomic E-state index is 0.155. The summed E-state index contributed by atoms with van der Waals surface area (Å²) in [4.78, 5) is 11.2. The number of halogens is 1. The van der Waals surface area contributed by atoms with E-state index in [9.17, 15) is 9.90 Å². The number of hydrogen-bond acceptors (Lipinski definition) is 5. The van der Waals surface area contributed by atoms with Gasteiger partial charge in [-0.25, -0.2) is 0 Å². The number of nitrogens with two attached hydrogens (primary N) is 1. The van der Waals surface area contributed by atoms with Crippen molar-refractivity contribution in [3.05, 3.63) is 46.2 Å². The van der Waals surface area contributed by atoms with E-state index in [0.717, 1.165) is 23.5 Å². The maximum absolute atomic E-state index is 11.2. The first-order chi connectivity index (χ1) is 18.1. The van der Waals surface area contributed by atoms with E-state index in [1.165, 1.54) is 87.0 Å². The average molecular weight is 584 g/mol. The minimum atomic E-state index is -1.10. The van der Waals surface area contributed by atoms with Gasteiger partial charge in [-0.05, 0) is 108 Å². The number of aliphatic carboxylic acids is 1. The van der Waals surface area contributed by atoms with Gasteiger partial charge in [0.25, 0.3) is 0 Å². The van der Waals surface area contributed by atoms with Crippen molar-refractivity contribution >= 4 is 44.4 Å². The van der Waals surface area contributed by atoms with Gasteiger partial charge in [0.1, 0.15) is 0 Å². The van der Waals surface area contributed by atoms with Crippen molar-refractivity contribution in [2.75, 3.05) is 5.75 Å². The van der Waals surface area contributed by atoms with Crippen molar-refractivity contribution in [1.82, 2.24) is 14.8 Å². The zero-order chi connectivity index (χ0) is 25.4. The molecule has 37 heavy (non-hydrogen) atoms. The predicted molar refractivity (Wildman–Crippen MR) is 148 cm³/mol. The first-order valence-corrected chi connectivity index (χ1v) is 15.7. The third-order valence-electron chi connectivity index (χ3n) is 8.58. The monoisotopic (exact) mass is 582 g/mol. The van der Waals surface area contributed by atoms with E-state index >= 15 is 0 Å². The Hall–Kier alpha value is -1.90. The summed E-state index contributed by atoms with van der Waals surface area (Å²) < 4.78 is 2.57. The van der Waals surface area contributed by atoms with E-state index in [1.807, 2.05) is 4.57 Å². The van der Waals surface area contributed by atoms with Gasteiger partial charge in [0.15, 0.2) is 5.16 Å². The zero-order valence-electron chi connectivity index (χ0n) is 21.2. The van der Waals surface area contributed by atoms with Gasteiger partial charge in [0.05, 0.1) is 23.7 Å². The predicted octanol–water partition coefficient (Wildman–Crippen LogP) is 4.82. The normalized spacial score (nSPS) is 22.9. The number of rotatable bonds is 8. The number of quaternary nitrogens is 1. The molecule has 1 heterocycles. The standard InChI is InChI=1S/C29H35BrN4O2S/c30-28-32-33-29(37-17-26(35)36)34(28)25-16-24(27(18-13-14-18)23-12-5-4-11-22(23)25)19-7-6-10-21(15-19)31-20-8-2-1-3-9-20/h4-5,11-12,16,18-21,31H,1-3,6-10,13-15,17H2,(H,35,36). The number of carboxylic acids is 1. The van der Waals surface area contributed by atoms with Crippen LogP contribution in [0.15, 0.2) is 40.2 Å². The quantitative estimate of drug-likeness (QED) is 0.384. The van der Waals surface area contributed by atoms with Crippen LogP contribution in [-0.2, 0) is 4.79 Å². The van der Waals surface area contributed by atoms with E-state index in [4.69, 9.17) is 0 Å². The zero-order valence-corrected chi connectivity index (χ0v) is 23.6. The molecule has 2 N–H and O–H groups in total. The molecule has 196 valence electrons. The van der Waals surface area contributed by atoms with Crippen LogP contribution in [0.3, 0.4) is 0 Å². The van der Waals surface area contributed by atoms with Gasteiger partial charge in [-0.3, -0.25) is 4.57 Å². The van der Waals surface area contributed by atoms with Gasteiger partial charge in [-0.15, -0.1) is 10.2 Å². The van der Waals surface area contributed by atoms with Crippen molar-refractivity contribution in [2.24, 2.45) is 0 Å². The Morgan fingerprint density at radius 3 is 2.49 bits per heavy atom. The molecule has 0 saturated heterocycles. The number of carboxylic acid groups (broad SMARTS) is 1. The number of thioether (sulfide) groups is 1. The molecule has 1 aromatic heterocycles. The minimum Gasteiger partial charge on any atom is -0.549 e. The van der Waals surface area contributed by atoms with Crippen LogP contribution >= 0.6 is 27.7 Å². The van der Waals surface area contributed by atoms with Crippen molar-refractivity contribution in [3.8, 4) is 5.69 Å². The molecule has 0 spiro atoms. The molecule has 2 aromatic carbocycles. The highest BCUT2D eigenvalue weighted by molar-refractivity contribution is 9.10. The highest BCUT2D eigenvalue weighted by atomic mass is 79.9. The average Bonchev–Trinajstić information content (AvgIpc) is 3.69.